The van der Waals surface area contributed by atoms with Crippen LogP contribution in [0.3, 0.4) is 0 Å². The first-order chi connectivity index (χ1) is 9.69. The van der Waals surface area contributed by atoms with E-state index in [0.29, 0.717) is 12.1 Å². The van der Waals surface area contributed by atoms with Gasteiger partial charge in [0.15, 0.2) is 0 Å². The summed E-state index contributed by atoms with van der Waals surface area (Å²) in [6.07, 6.45) is 2.32. The van der Waals surface area contributed by atoms with E-state index in [-0.39, 0.29) is 6.10 Å². The standard InChI is InChI=1S/C15H15N3O2/c16-7-11-6-9-2-1-3-12(14(9)20-11)13-5-4-10(8-18-13)15(17)19/h1-5,8,11H,6-7,16H2,(H2,17,19). The van der Waals surface area contributed by atoms with Crippen LogP contribution >= 0.6 is 0 Å². The van der Waals surface area contributed by atoms with Crippen LogP contribution in [-0.4, -0.2) is 23.5 Å². The van der Waals surface area contributed by atoms with Crippen molar-refractivity contribution in [2.24, 2.45) is 11.5 Å². The number of hydrogen-bond donors (Lipinski definition) is 2. The number of pyridine rings is 1. The number of carbonyl (C=O) groups excluding carboxylic acids is 1. The molecule has 0 spiro atoms. The number of ether oxygens (including phenoxy) is 1. The molecule has 0 aliphatic carbocycles. The number of hydrogen-bond acceptors (Lipinski definition) is 4. The maximum Gasteiger partial charge on any atom is 0.250 e. The fourth-order valence-corrected chi connectivity index (χ4v) is 2.37. The summed E-state index contributed by atoms with van der Waals surface area (Å²) in [5, 5.41) is 0. The summed E-state index contributed by atoms with van der Waals surface area (Å²) in [6.45, 7) is 0.488. The normalized spacial score (nSPS) is 16.6. The summed E-state index contributed by atoms with van der Waals surface area (Å²) in [7, 11) is 0. The zero-order chi connectivity index (χ0) is 14.1. The Bertz CT molecular complexity index is 653. The van der Waals surface area contributed by atoms with Gasteiger partial charge in [0.1, 0.15) is 11.9 Å². The van der Waals surface area contributed by atoms with E-state index in [1.165, 1.54) is 6.20 Å². The molecule has 4 N–H and O–H groups in total. The Hall–Kier alpha value is -2.40. The lowest BCUT2D eigenvalue weighted by Crippen LogP contribution is -2.24. The quantitative estimate of drug-likeness (QED) is 0.873. The average Bonchev–Trinajstić information content (AvgIpc) is 2.90. The van der Waals surface area contributed by atoms with E-state index in [4.69, 9.17) is 16.2 Å². The van der Waals surface area contributed by atoms with Crippen LogP contribution in [0.4, 0.5) is 0 Å². The van der Waals surface area contributed by atoms with Gasteiger partial charge in [0.25, 0.3) is 0 Å². The van der Waals surface area contributed by atoms with Crippen LogP contribution in [0, 0.1) is 0 Å². The van der Waals surface area contributed by atoms with Gasteiger partial charge >= 0.3 is 0 Å². The molecule has 20 heavy (non-hydrogen) atoms. The lowest BCUT2D eigenvalue weighted by Gasteiger charge is -2.10. The molecule has 1 amide bonds. The van der Waals surface area contributed by atoms with E-state index >= 15 is 0 Å². The summed E-state index contributed by atoms with van der Waals surface area (Å²) in [6, 6.07) is 9.39. The number of carbonyl (C=O) groups is 1. The van der Waals surface area contributed by atoms with Crippen molar-refractivity contribution in [1.29, 1.82) is 0 Å². The summed E-state index contributed by atoms with van der Waals surface area (Å²) in [5.74, 6) is 0.351. The number of fused-ring (bicyclic) bond motifs is 1. The molecular weight excluding hydrogens is 254 g/mol. The molecule has 5 heteroatoms. The summed E-state index contributed by atoms with van der Waals surface area (Å²) in [4.78, 5) is 15.3. The molecule has 0 saturated carbocycles. The Labute approximate surface area is 116 Å². The zero-order valence-electron chi connectivity index (χ0n) is 10.9. The van der Waals surface area contributed by atoms with Crippen molar-refractivity contribution in [2.45, 2.75) is 12.5 Å². The van der Waals surface area contributed by atoms with Crippen molar-refractivity contribution < 1.29 is 9.53 Å². The van der Waals surface area contributed by atoms with Crippen molar-refractivity contribution in [3.63, 3.8) is 0 Å². The number of para-hydroxylation sites is 1. The fraction of sp³-hybridized carbons (Fsp3) is 0.200. The monoisotopic (exact) mass is 269 g/mol. The van der Waals surface area contributed by atoms with Crippen LogP contribution in [0.5, 0.6) is 5.75 Å². The van der Waals surface area contributed by atoms with Gasteiger partial charge in [0.05, 0.1) is 11.3 Å². The Kier molecular flexibility index (Phi) is 3.12. The molecule has 1 atom stereocenters. The lowest BCUT2D eigenvalue weighted by atomic mass is 10.0. The minimum absolute atomic E-state index is 0.0241. The fourth-order valence-electron chi connectivity index (χ4n) is 2.37. The molecule has 0 saturated heterocycles. The number of rotatable bonds is 3. The number of amides is 1. The molecule has 2 heterocycles. The number of benzene rings is 1. The van der Waals surface area contributed by atoms with Gasteiger partial charge in [-0.1, -0.05) is 12.1 Å². The van der Waals surface area contributed by atoms with Crippen LogP contribution in [0.15, 0.2) is 36.5 Å². The van der Waals surface area contributed by atoms with Crippen LogP contribution in [-0.2, 0) is 6.42 Å². The van der Waals surface area contributed by atoms with Crippen LogP contribution in [0.1, 0.15) is 15.9 Å². The maximum atomic E-state index is 11.1. The van der Waals surface area contributed by atoms with Gasteiger partial charge in [-0.2, -0.15) is 0 Å². The van der Waals surface area contributed by atoms with Gasteiger partial charge in [0.2, 0.25) is 5.91 Å². The first-order valence-electron chi connectivity index (χ1n) is 6.44. The van der Waals surface area contributed by atoms with Gasteiger partial charge < -0.3 is 16.2 Å². The average molecular weight is 269 g/mol. The number of nitrogens with zero attached hydrogens (tertiary/aromatic N) is 1. The Morgan fingerprint density at radius 2 is 2.20 bits per heavy atom. The van der Waals surface area contributed by atoms with Crippen molar-refractivity contribution in [1.82, 2.24) is 4.98 Å². The van der Waals surface area contributed by atoms with Crippen LogP contribution < -0.4 is 16.2 Å². The molecular formula is C15H15N3O2. The second-order valence-corrected chi connectivity index (χ2v) is 4.77. The number of nitrogens with two attached hydrogens (primary N) is 2. The molecule has 1 aromatic heterocycles. The van der Waals surface area contributed by atoms with E-state index in [0.717, 1.165) is 29.0 Å². The molecule has 3 rings (SSSR count). The van der Waals surface area contributed by atoms with Crippen molar-refractivity contribution in [3.05, 3.63) is 47.7 Å². The zero-order valence-corrected chi connectivity index (χ0v) is 10.9. The molecule has 1 aromatic carbocycles. The van der Waals surface area contributed by atoms with Gasteiger partial charge in [0, 0.05) is 24.7 Å². The van der Waals surface area contributed by atoms with E-state index in [1.807, 2.05) is 18.2 Å². The highest BCUT2D eigenvalue weighted by molar-refractivity contribution is 5.92. The highest BCUT2D eigenvalue weighted by atomic mass is 16.5. The smallest absolute Gasteiger partial charge is 0.250 e. The predicted octanol–water partition coefficient (Wildman–Crippen LogP) is 1.11. The van der Waals surface area contributed by atoms with Crippen molar-refractivity contribution in [3.8, 4) is 17.0 Å². The van der Waals surface area contributed by atoms with Crippen LogP contribution in [0.2, 0.25) is 0 Å². The highest BCUT2D eigenvalue weighted by Crippen LogP contribution is 2.37. The van der Waals surface area contributed by atoms with Gasteiger partial charge in [-0.25, -0.2) is 0 Å². The lowest BCUT2D eigenvalue weighted by molar-refractivity contribution is 0.1000. The van der Waals surface area contributed by atoms with Crippen molar-refractivity contribution >= 4 is 5.91 Å². The minimum atomic E-state index is -0.484. The SMILES string of the molecule is NCC1Cc2cccc(-c3ccc(C(N)=O)cn3)c2O1. The predicted molar refractivity (Wildman–Crippen MR) is 75.4 cm³/mol. The van der Waals surface area contributed by atoms with Crippen molar-refractivity contribution in [2.75, 3.05) is 6.54 Å². The topological polar surface area (TPSA) is 91.2 Å². The third-order valence-corrected chi connectivity index (χ3v) is 3.42. The molecule has 0 radical (unpaired) electrons. The molecule has 1 aliphatic rings. The Morgan fingerprint density at radius 3 is 2.85 bits per heavy atom. The van der Waals surface area contributed by atoms with Gasteiger partial charge in [-0.3, -0.25) is 9.78 Å². The summed E-state index contributed by atoms with van der Waals surface area (Å²) < 4.78 is 5.86. The first kappa shape index (κ1) is 12.6. The first-order valence-corrected chi connectivity index (χ1v) is 6.44. The molecule has 0 fully saturated rings. The van der Waals surface area contributed by atoms with E-state index in [9.17, 15) is 4.79 Å². The largest absolute Gasteiger partial charge is 0.488 e. The van der Waals surface area contributed by atoms with E-state index < -0.39 is 5.91 Å². The molecule has 1 unspecified atom stereocenters. The number of aromatic nitrogens is 1. The molecule has 0 bridgehead atoms. The Balaban J connectivity index is 2.00. The third-order valence-electron chi connectivity index (χ3n) is 3.42. The van der Waals surface area contributed by atoms with Gasteiger partial charge in [-0.05, 0) is 23.8 Å². The molecule has 2 aromatic rings. The maximum absolute atomic E-state index is 11.1. The molecule has 1 aliphatic heterocycles. The van der Waals surface area contributed by atoms with E-state index in [1.54, 1.807) is 12.1 Å². The number of primary amides is 1. The third kappa shape index (κ3) is 2.12. The second-order valence-electron chi connectivity index (χ2n) is 4.77. The summed E-state index contributed by atoms with van der Waals surface area (Å²) >= 11 is 0. The van der Waals surface area contributed by atoms with E-state index in [2.05, 4.69) is 4.98 Å². The molecule has 5 nitrogen and oxygen atoms in total. The van der Waals surface area contributed by atoms with Crippen LogP contribution in [0.25, 0.3) is 11.3 Å². The minimum Gasteiger partial charge on any atom is -0.488 e. The van der Waals surface area contributed by atoms with Gasteiger partial charge in [-0.15, -0.1) is 0 Å². The summed E-state index contributed by atoms with van der Waals surface area (Å²) in [5.41, 5.74) is 14.1. The second kappa shape index (κ2) is 4.94. The molecule has 102 valence electrons. The Morgan fingerprint density at radius 1 is 1.35 bits per heavy atom. The highest BCUT2D eigenvalue weighted by Gasteiger charge is 2.24.